The second kappa shape index (κ2) is 8.66. The number of aromatic nitrogens is 3. The Morgan fingerprint density at radius 2 is 2.18 bits per heavy atom. The van der Waals surface area contributed by atoms with Crippen molar-refractivity contribution in [1.29, 1.82) is 0 Å². The van der Waals surface area contributed by atoms with Crippen LogP contribution in [-0.2, 0) is 16.0 Å². The Balaban J connectivity index is 1.33. The lowest BCUT2D eigenvalue weighted by atomic mass is 10.2. The molecule has 28 heavy (non-hydrogen) atoms. The highest BCUT2D eigenvalue weighted by Gasteiger charge is 2.23. The average molecular weight is 386 g/mol. The Morgan fingerprint density at radius 3 is 2.96 bits per heavy atom. The summed E-state index contributed by atoms with van der Waals surface area (Å²) in [5, 5.41) is 6.91. The molecular formula is C19H26N6O3. The fourth-order valence-corrected chi connectivity index (χ4v) is 3.45. The van der Waals surface area contributed by atoms with E-state index in [9.17, 15) is 4.79 Å². The van der Waals surface area contributed by atoms with E-state index in [2.05, 4.69) is 37.3 Å². The van der Waals surface area contributed by atoms with Gasteiger partial charge in [-0.05, 0) is 32.0 Å². The van der Waals surface area contributed by atoms with Crippen molar-refractivity contribution in [3.05, 3.63) is 24.2 Å². The van der Waals surface area contributed by atoms with Crippen molar-refractivity contribution in [2.45, 2.75) is 25.4 Å². The minimum Gasteiger partial charge on any atom is -0.369 e. The molecule has 150 valence electrons. The van der Waals surface area contributed by atoms with E-state index in [-0.39, 0.29) is 12.0 Å². The largest absolute Gasteiger partial charge is 0.369 e. The normalized spacial score (nSPS) is 20.5. The maximum atomic E-state index is 11.9. The molecule has 0 saturated carbocycles. The second-order valence-corrected chi connectivity index (χ2v) is 7.24. The van der Waals surface area contributed by atoms with E-state index >= 15 is 0 Å². The topological polar surface area (TPSA) is 96.6 Å². The summed E-state index contributed by atoms with van der Waals surface area (Å²) in [6, 6.07) is 4.01. The molecule has 2 aliphatic rings. The fraction of sp³-hybridized carbons (Fsp3) is 0.579. The smallest absolute Gasteiger partial charge is 0.249 e. The third kappa shape index (κ3) is 4.48. The van der Waals surface area contributed by atoms with Gasteiger partial charge in [-0.2, -0.15) is 4.98 Å². The zero-order valence-electron chi connectivity index (χ0n) is 16.1. The van der Waals surface area contributed by atoms with Gasteiger partial charge in [-0.15, -0.1) is 0 Å². The van der Waals surface area contributed by atoms with Crippen LogP contribution in [0.5, 0.6) is 0 Å². The predicted octanol–water partition coefficient (Wildman–Crippen LogP) is 0.721. The molecule has 1 unspecified atom stereocenters. The van der Waals surface area contributed by atoms with Crippen LogP contribution in [0.4, 0.5) is 5.69 Å². The standard InChI is InChI=1S/C19H26N6O3/c1-24-8-10-25(11-9-24)14-4-6-20-15(13-14)18-22-17(28-23-18)5-7-21-19(26)16-3-2-12-27-16/h4,6,13,16H,2-3,5,7-12H2,1H3,(H,21,26). The molecule has 4 heterocycles. The van der Waals surface area contributed by atoms with Crippen LogP contribution in [0, 0.1) is 0 Å². The number of nitrogens with zero attached hydrogens (tertiary/aromatic N) is 5. The van der Waals surface area contributed by atoms with E-state index in [1.54, 1.807) is 6.20 Å². The molecule has 0 aromatic carbocycles. The summed E-state index contributed by atoms with van der Waals surface area (Å²) in [6.45, 7) is 5.16. The molecule has 2 aromatic rings. The molecule has 0 radical (unpaired) electrons. The zero-order valence-corrected chi connectivity index (χ0v) is 16.1. The zero-order chi connectivity index (χ0) is 19.3. The van der Waals surface area contributed by atoms with Crippen LogP contribution in [0.15, 0.2) is 22.9 Å². The lowest BCUT2D eigenvalue weighted by Gasteiger charge is -2.34. The Bertz CT molecular complexity index is 796. The molecule has 1 amide bonds. The highest BCUT2D eigenvalue weighted by atomic mass is 16.5. The molecule has 0 bridgehead atoms. The number of hydrogen-bond donors (Lipinski definition) is 1. The van der Waals surface area contributed by atoms with Crippen LogP contribution < -0.4 is 10.2 Å². The maximum Gasteiger partial charge on any atom is 0.249 e. The molecule has 4 rings (SSSR count). The van der Waals surface area contributed by atoms with Crippen LogP contribution >= 0.6 is 0 Å². The number of rotatable bonds is 6. The summed E-state index contributed by atoms with van der Waals surface area (Å²) >= 11 is 0. The third-order valence-electron chi connectivity index (χ3n) is 5.17. The van der Waals surface area contributed by atoms with Crippen molar-refractivity contribution in [2.75, 3.05) is 51.3 Å². The number of amides is 1. The van der Waals surface area contributed by atoms with E-state index in [1.807, 2.05) is 12.1 Å². The molecule has 2 aliphatic heterocycles. The lowest BCUT2D eigenvalue weighted by molar-refractivity contribution is -0.130. The summed E-state index contributed by atoms with van der Waals surface area (Å²) in [5.41, 5.74) is 1.81. The van der Waals surface area contributed by atoms with Crippen molar-refractivity contribution in [3.63, 3.8) is 0 Å². The summed E-state index contributed by atoms with van der Waals surface area (Å²) in [7, 11) is 2.14. The predicted molar refractivity (Wildman–Crippen MR) is 103 cm³/mol. The number of likely N-dealkylation sites (N-methyl/N-ethyl adjacent to an activating group) is 1. The SMILES string of the molecule is CN1CCN(c2ccnc(-c3noc(CCNC(=O)C4CCCO4)n3)c2)CC1. The average Bonchev–Trinajstić information content (AvgIpc) is 3.41. The number of hydrogen-bond acceptors (Lipinski definition) is 8. The Kier molecular flexibility index (Phi) is 5.82. The molecule has 0 spiro atoms. The monoisotopic (exact) mass is 386 g/mol. The summed E-state index contributed by atoms with van der Waals surface area (Å²) in [6.07, 6.45) is 3.65. The lowest BCUT2D eigenvalue weighted by Crippen LogP contribution is -2.44. The van der Waals surface area contributed by atoms with Gasteiger partial charge < -0.3 is 24.4 Å². The van der Waals surface area contributed by atoms with E-state index < -0.39 is 0 Å². The Labute approximate surface area is 164 Å². The van der Waals surface area contributed by atoms with Gasteiger partial charge in [0.05, 0.1) is 0 Å². The van der Waals surface area contributed by atoms with Crippen LogP contribution in [0.3, 0.4) is 0 Å². The van der Waals surface area contributed by atoms with Gasteiger partial charge in [-0.3, -0.25) is 9.78 Å². The number of carbonyl (C=O) groups is 1. The molecule has 2 saturated heterocycles. The van der Waals surface area contributed by atoms with Crippen molar-refractivity contribution >= 4 is 11.6 Å². The molecule has 0 aliphatic carbocycles. The van der Waals surface area contributed by atoms with E-state index in [4.69, 9.17) is 9.26 Å². The Morgan fingerprint density at radius 1 is 1.32 bits per heavy atom. The van der Waals surface area contributed by atoms with Crippen molar-refractivity contribution in [1.82, 2.24) is 25.3 Å². The number of ether oxygens (including phenoxy) is 1. The van der Waals surface area contributed by atoms with E-state index in [0.29, 0.717) is 37.0 Å². The van der Waals surface area contributed by atoms with Crippen LogP contribution in [0.25, 0.3) is 11.5 Å². The maximum absolute atomic E-state index is 11.9. The molecule has 2 fully saturated rings. The Hall–Kier alpha value is -2.52. The first kappa shape index (κ1) is 18.8. The second-order valence-electron chi connectivity index (χ2n) is 7.24. The van der Waals surface area contributed by atoms with E-state index in [1.165, 1.54) is 0 Å². The first-order valence-electron chi connectivity index (χ1n) is 9.81. The van der Waals surface area contributed by atoms with Gasteiger partial charge in [-0.1, -0.05) is 5.16 Å². The van der Waals surface area contributed by atoms with Crippen molar-refractivity contribution < 1.29 is 14.1 Å². The summed E-state index contributed by atoms with van der Waals surface area (Å²) in [5.74, 6) is 0.879. The van der Waals surface area contributed by atoms with Gasteiger partial charge in [0.1, 0.15) is 11.8 Å². The van der Waals surface area contributed by atoms with Crippen molar-refractivity contribution in [2.24, 2.45) is 0 Å². The summed E-state index contributed by atoms with van der Waals surface area (Å²) in [4.78, 5) is 25.4. The minimum absolute atomic E-state index is 0.0706. The first-order valence-corrected chi connectivity index (χ1v) is 9.81. The van der Waals surface area contributed by atoms with Gasteiger partial charge >= 0.3 is 0 Å². The molecule has 1 N–H and O–H groups in total. The fourth-order valence-electron chi connectivity index (χ4n) is 3.45. The summed E-state index contributed by atoms with van der Waals surface area (Å²) < 4.78 is 10.7. The quantitative estimate of drug-likeness (QED) is 0.776. The number of nitrogens with one attached hydrogen (secondary N) is 1. The van der Waals surface area contributed by atoms with Crippen molar-refractivity contribution in [3.8, 4) is 11.5 Å². The number of piperazine rings is 1. The van der Waals surface area contributed by atoms with E-state index in [0.717, 1.165) is 44.7 Å². The number of carbonyl (C=O) groups excluding carboxylic acids is 1. The number of pyridine rings is 1. The molecular weight excluding hydrogens is 360 g/mol. The third-order valence-corrected chi connectivity index (χ3v) is 5.17. The van der Waals surface area contributed by atoms with Crippen LogP contribution in [-0.4, -0.2) is 78.4 Å². The highest BCUT2D eigenvalue weighted by molar-refractivity contribution is 5.80. The van der Waals surface area contributed by atoms with Crippen LogP contribution in [0.1, 0.15) is 18.7 Å². The first-order chi connectivity index (χ1) is 13.7. The molecule has 2 aromatic heterocycles. The minimum atomic E-state index is -0.320. The van der Waals surface area contributed by atoms with Gasteiger partial charge in [-0.25, -0.2) is 0 Å². The number of anilines is 1. The van der Waals surface area contributed by atoms with Gasteiger partial charge in [0.15, 0.2) is 0 Å². The van der Waals surface area contributed by atoms with Gasteiger partial charge in [0.25, 0.3) is 0 Å². The highest BCUT2D eigenvalue weighted by Crippen LogP contribution is 2.21. The van der Waals surface area contributed by atoms with Gasteiger partial charge in [0.2, 0.25) is 17.6 Å². The van der Waals surface area contributed by atoms with Crippen LogP contribution in [0.2, 0.25) is 0 Å². The van der Waals surface area contributed by atoms with Gasteiger partial charge in [0, 0.05) is 57.6 Å². The molecule has 9 heteroatoms. The molecule has 9 nitrogen and oxygen atoms in total. The molecule has 1 atom stereocenters.